The molecular weight excluding hydrogens is 324 g/mol. The number of piperazine rings is 1. The van der Waals surface area contributed by atoms with E-state index < -0.39 is 0 Å². The highest BCUT2D eigenvalue weighted by atomic mass is 16.1. The van der Waals surface area contributed by atoms with E-state index in [1.54, 1.807) is 0 Å². The molecule has 2 aromatic carbocycles. The van der Waals surface area contributed by atoms with Gasteiger partial charge in [-0.3, -0.25) is 4.79 Å². The number of benzene rings is 2. The molecule has 3 aromatic rings. The zero-order valence-corrected chi connectivity index (χ0v) is 15.1. The third kappa shape index (κ3) is 3.06. The van der Waals surface area contributed by atoms with Crippen molar-refractivity contribution in [1.29, 1.82) is 0 Å². The second-order valence-corrected chi connectivity index (χ2v) is 6.97. The summed E-state index contributed by atoms with van der Waals surface area (Å²) in [4.78, 5) is 16.8. The highest BCUT2D eigenvalue weighted by molar-refractivity contribution is 6.02. The van der Waals surface area contributed by atoms with Crippen molar-refractivity contribution in [3.63, 3.8) is 0 Å². The lowest BCUT2D eigenvalue weighted by Gasteiger charge is -2.34. The predicted octanol–water partition coefficient (Wildman–Crippen LogP) is 2.54. The first kappa shape index (κ1) is 16.7. The first-order valence-electron chi connectivity index (χ1n) is 9.03. The van der Waals surface area contributed by atoms with E-state index in [2.05, 4.69) is 47.2 Å². The Morgan fingerprint density at radius 3 is 2.42 bits per heavy atom. The topological polar surface area (TPSA) is 54.5 Å². The summed E-state index contributed by atoms with van der Waals surface area (Å²) in [6, 6.07) is 18.4. The Morgan fingerprint density at radius 1 is 1.00 bits per heavy atom. The molecule has 1 saturated heterocycles. The molecule has 0 bridgehead atoms. The van der Waals surface area contributed by atoms with Crippen LogP contribution in [0.1, 0.15) is 16.1 Å². The van der Waals surface area contributed by atoms with Crippen LogP contribution in [0.3, 0.4) is 0 Å². The predicted molar refractivity (Wildman–Crippen MR) is 106 cm³/mol. The molecule has 0 unspecified atom stereocenters. The summed E-state index contributed by atoms with van der Waals surface area (Å²) < 4.78 is 2.03. The number of carbonyl (C=O) groups is 1. The zero-order valence-electron chi connectivity index (χ0n) is 15.1. The minimum Gasteiger partial charge on any atom is -0.368 e. The maximum absolute atomic E-state index is 12.1. The van der Waals surface area contributed by atoms with Crippen molar-refractivity contribution in [3.05, 3.63) is 65.9 Å². The summed E-state index contributed by atoms with van der Waals surface area (Å²) in [5.74, 6) is -0.388. The molecule has 1 aliphatic heterocycles. The lowest BCUT2D eigenvalue weighted by molar-refractivity contribution is 0.0992. The van der Waals surface area contributed by atoms with Gasteiger partial charge in [0.05, 0.1) is 5.52 Å². The molecule has 1 amide bonds. The molecule has 5 heteroatoms. The van der Waals surface area contributed by atoms with E-state index >= 15 is 0 Å². The summed E-state index contributed by atoms with van der Waals surface area (Å²) in [7, 11) is 2.15. The number of likely N-dealkylation sites (N-methyl/N-ethyl adjacent to an activating group) is 1. The molecule has 0 radical (unpaired) electrons. The third-order valence-corrected chi connectivity index (χ3v) is 5.20. The Bertz CT molecular complexity index is 924. The SMILES string of the molecule is CN1CCN(c2cccc3c2cc(C(N)=O)n3Cc2ccccc2)CC1. The Morgan fingerprint density at radius 2 is 1.73 bits per heavy atom. The Labute approximate surface area is 153 Å². The number of fused-ring (bicyclic) bond motifs is 1. The van der Waals surface area contributed by atoms with Gasteiger partial charge < -0.3 is 20.1 Å². The zero-order chi connectivity index (χ0) is 18.1. The molecule has 2 heterocycles. The van der Waals surface area contributed by atoms with Gasteiger partial charge >= 0.3 is 0 Å². The second-order valence-electron chi connectivity index (χ2n) is 6.97. The molecule has 2 N–H and O–H groups in total. The standard InChI is InChI=1S/C21H24N4O/c1-23-10-12-24(13-11-23)18-8-5-9-19-17(18)14-20(21(22)26)25(19)15-16-6-3-2-4-7-16/h2-9,14H,10-13,15H2,1H3,(H2,22,26). The fraction of sp³-hybridized carbons (Fsp3) is 0.286. The molecule has 1 aliphatic rings. The van der Waals surface area contributed by atoms with Crippen molar-refractivity contribution in [1.82, 2.24) is 9.47 Å². The number of anilines is 1. The van der Waals surface area contributed by atoms with Crippen LogP contribution in [0.5, 0.6) is 0 Å². The number of nitrogens with zero attached hydrogens (tertiary/aromatic N) is 3. The first-order valence-corrected chi connectivity index (χ1v) is 9.03. The minimum atomic E-state index is -0.388. The average molecular weight is 348 g/mol. The summed E-state index contributed by atoms with van der Waals surface area (Å²) in [5.41, 5.74) is 9.65. The van der Waals surface area contributed by atoms with Crippen LogP contribution < -0.4 is 10.6 Å². The van der Waals surface area contributed by atoms with Gasteiger partial charge in [-0.2, -0.15) is 0 Å². The monoisotopic (exact) mass is 348 g/mol. The summed E-state index contributed by atoms with van der Waals surface area (Å²) in [5, 5.41) is 1.10. The van der Waals surface area contributed by atoms with Crippen molar-refractivity contribution in [2.24, 2.45) is 5.73 Å². The van der Waals surface area contributed by atoms with Crippen molar-refractivity contribution in [2.45, 2.75) is 6.54 Å². The van der Waals surface area contributed by atoms with Gasteiger partial charge in [0.15, 0.2) is 0 Å². The number of hydrogen-bond acceptors (Lipinski definition) is 3. The van der Waals surface area contributed by atoms with Crippen molar-refractivity contribution in [2.75, 3.05) is 38.1 Å². The maximum atomic E-state index is 12.1. The fourth-order valence-corrected chi connectivity index (χ4v) is 3.73. The lowest BCUT2D eigenvalue weighted by Crippen LogP contribution is -2.44. The van der Waals surface area contributed by atoms with Crippen molar-refractivity contribution < 1.29 is 4.79 Å². The van der Waals surface area contributed by atoms with Crippen LogP contribution in [0.4, 0.5) is 5.69 Å². The molecule has 134 valence electrons. The molecule has 0 aliphatic carbocycles. The molecule has 4 rings (SSSR count). The van der Waals surface area contributed by atoms with E-state index in [4.69, 9.17) is 5.73 Å². The Balaban J connectivity index is 1.80. The highest BCUT2D eigenvalue weighted by Crippen LogP contribution is 2.31. The van der Waals surface area contributed by atoms with Gasteiger partial charge in [0.1, 0.15) is 5.69 Å². The molecule has 1 fully saturated rings. The molecule has 0 saturated carbocycles. The largest absolute Gasteiger partial charge is 0.368 e. The first-order chi connectivity index (χ1) is 12.6. The van der Waals surface area contributed by atoms with E-state index in [1.807, 2.05) is 28.8 Å². The summed E-state index contributed by atoms with van der Waals surface area (Å²) in [6.45, 7) is 4.71. The number of amides is 1. The van der Waals surface area contributed by atoms with Crippen LogP contribution in [0.25, 0.3) is 10.9 Å². The lowest BCUT2D eigenvalue weighted by atomic mass is 10.1. The van der Waals surface area contributed by atoms with Crippen molar-refractivity contribution in [3.8, 4) is 0 Å². The normalized spacial score (nSPS) is 15.5. The van der Waals surface area contributed by atoms with Crippen LogP contribution in [0.2, 0.25) is 0 Å². The number of rotatable bonds is 4. The Kier molecular flexibility index (Phi) is 4.39. The van der Waals surface area contributed by atoms with Crippen LogP contribution >= 0.6 is 0 Å². The van der Waals surface area contributed by atoms with Crippen LogP contribution in [0.15, 0.2) is 54.6 Å². The smallest absolute Gasteiger partial charge is 0.265 e. The molecule has 0 spiro atoms. The van der Waals surface area contributed by atoms with Gasteiger partial charge in [-0.1, -0.05) is 36.4 Å². The van der Waals surface area contributed by atoms with E-state index in [0.717, 1.165) is 42.6 Å². The van der Waals surface area contributed by atoms with Crippen LogP contribution in [-0.4, -0.2) is 48.6 Å². The van der Waals surface area contributed by atoms with Gasteiger partial charge in [0.2, 0.25) is 0 Å². The minimum absolute atomic E-state index is 0.388. The molecular formula is C21H24N4O. The molecule has 26 heavy (non-hydrogen) atoms. The Hall–Kier alpha value is -2.79. The van der Waals surface area contributed by atoms with Gasteiger partial charge in [-0.15, -0.1) is 0 Å². The number of aromatic nitrogens is 1. The quantitative estimate of drug-likeness (QED) is 0.788. The molecule has 0 atom stereocenters. The maximum Gasteiger partial charge on any atom is 0.265 e. The van der Waals surface area contributed by atoms with Gasteiger partial charge in [-0.05, 0) is 30.8 Å². The molecule has 1 aromatic heterocycles. The number of nitrogens with two attached hydrogens (primary N) is 1. The van der Waals surface area contributed by atoms with E-state index in [0.29, 0.717) is 12.2 Å². The van der Waals surface area contributed by atoms with E-state index in [1.165, 1.54) is 5.69 Å². The van der Waals surface area contributed by atoms with Crippen LogP contribution in [0, 0.1) is 0 Å². The van der Waals surface area contributed by atoms with Crippen molar-refractivity contribution >= 4 is 22.5 Å². The summed E-state index contributed by atoms with van der Waals surface area (Å²) >= 11 is 0. The van der Waals surface area contributed by atoms with E-state index in [9.17, 15) is 4.79 Å². The van der Waals surface area contributed by atoms with Gasteiger partial charge in [0.25, 0.3) is 5.91 Å². The molecule has 5 nitrogen and oxygen atoms in total. The number of primary amides is 1. The number of carbonyl (C=O) groups excluding carboxylic acids is 1. The van der Waals surface area contributed by atoms with Gasteiger partial charge in [0, 0.05) is 43.8 Å². The number of hydrogen-bond donors (Lipinski definition) is 1. The van der Waals surface area contributed by atoms with Gasteiger partial charge in [-0.25, -0.2) is 0 Å². The highest BCUT2D eigenvalue weighted by Gasteiger charge is 2.20. The second kappa shape index (κ2) is 6.84. The third-order valence-electron chi connectivity index (χ3n) is 5.20. The van der Waals surface area contributed by atoms with Crippen LogP contribution in [-0.2, 0) is 6.54 Å². The average Bonchev–Trinajstić information content (AvgIpc) is 3.02. The fourth-order valence-electron chi connectivity index (χ4n) is 3.73. The summed E-state index contributed by atoms with van der Waals surface area (Å²) in [6.07, 6.45) is 0. The van der Waals surface area contributed by atoms with E-state index in [-0.39, 0.29) is 5.91 Å².